The highest BCUT2D eigenvalue weighted by molar-refractivity contribution is 7.66. The lowest BCUT2D eigenvalue weighted by atomic mass is 10.1. The number of fused-ring (bicyclic) bond motifs is 1. The van der Waals surface area contributed by atoms with E-state index in [1.165, 1.54) is 0 Å². The third kappa shape index (κ3) is 6.15. The van der Waals surface area contributed by atoms with Crippen LogP contribution in [0.1, 0.15) is 6.23 Å². The molecule has 7 N–H and O–H groups in total. The van der Waals surface area contributed by atoms with Gasteiger partial charge < -0.3 is 40.1 Å². The zero-order chi connectivity index (χ0) is 25.6. The molecule has 192 valence electrons. The Labute approximate surface area is 189 Å². The molecule has 3 rings (SSSR count). The van der Waals surface area contributed by atoms with Gasteiger partial charge in [0, 0.05) is 14.1 Å². The fraction of sp³-hybridized carbons (Fsp3) is 0.583. The number of phosphoric acid groups is 3. The van der Waals surface area contributed by atoms with Gasteiger partial charge in [-0.15, -0.1) is 0 Å². The first-order valence-corrected chi connectivity index (χ1v) is 13.4. The van der Waals surface area contributed by atoms with Crippen molar-refractivity contribution in [2.24, 2.45) is 0 Å². The topological polar surface area (TPSA) is 262 Å². The van der Waals surface area contributed by atoms with Crippen LogP contribution in [0.15, 0.2) is 6.33 Å². The maximum Gasteiger partial charge on any atom is 0.490 e. The molecule has 0 aliphatic carbocycles. The molecule has 1 fully saturated rings. The van der Waals surface area contributed by atoms with Gasteiger partial charge in [-0.25, -0.2) is 23.1 Å². The number of nitrogen functional groups attached to an aromatic ring is 1. The van der Waals surface area contributed by atoms with Crippen LogP contribution in [-0.4, -0.2) is 83.3 Å². The number of aliphatic hydroxyl groups is 1. The molecule has 2 aromatic heterocycles. The molecule has 1 aliphatic rings. The van der Waals surface area contributed by atoms with E-state index in [4.69, 9.17) is 25.2 Å². The summed E-state index contributed by atoms with van der Waals surface area (Å²) in [4.78, 5) is 49.4. The Morgan fingerprint density at radius 2 is 1.82 bits per heavy atom. The number of rotatable bonds is 9. The van der Waals surface area contributed by atoms with E-state index in [1.807, 2.05) is 0 Å². The summed E-state index contributed by atoms with van der Waals surface area (Å²) in [6.07, 6.45) is -6.03. The highest BCUT2D eigenvalue weighted by Crippen LogP contribution is 2.66. The van der Waals surface area contributed by atoms with Crippen molar-refractivity contribution in [3.63, 3.8) is 0 Å². The zero-order valence-electron chi connectivity index (χ0n) is 17.2. The number of aliphatic hydroxyl groups excluding tert-OH is 1. The number of ether oxygens (including phenoxy) is 1. The van der Waals surface area contributed by atoms with Crippen molar-refractivity contribution in [1.82, 2.24) is 19.5 Å². The molecule has 22 heteroatoms. The van der Waals surface area contributed by atoms with Gasteiger partial charge in [0.05, 0.1) is 12.9 Å². The number of aromatic nitrogens is 4. The first kappa shape index (κ1) is 27.0. The summed E-state index contributed by atoms with van der Waals surface area (Å²) in [7, 11) is -13.5. The Balaban J connectivity index is 1.75. The number of anilines is 2. The Hall–Kier alpha value is -1.59. The lowest BCUT2D eigenvalue weighted by Gasteiger charge is -2.19. The quantitative estimate of drug-likeness (QED) is 0.212. The van der Waals surface area contributed by atoms with Gasteiger partial charge in [0.2, 0.25) is 5.95 Å². The Morgan fingerprint density at radius 3 is 2.41 bits per heavy atom. The summed E-state index contributed by atoms with van der Waals surface area (Å²) in [5, 5.41) is 10.2. The van der Waals surface area contributed by atoms with Crippen LogP contribution in [0.5, 0.6) is 0 Å². The number of hydrogen-bond donors (Lipinski definition) is 6. The van der Waals surface area contributed by atoms with Crippen molar-refractivity contribution in [3.05, 3.63) is 6.33 Å². The molecule has 18 nitrogen and oxygen atoms in total. The third-order valence-electron chi connectivity index (χ3n) is 4.23. The number of hydrogen-bond acceptors (Lipinski definition) is 13. The number of alkyl halides is 1. The van der Waals surface area contributed by atoms with Crippen LogP contribution in [-0.2, 0) is 31.6 Å². The van der Waals surface area contributed by atoms with Crippen LogP contribution >= 0.6 is 23.5 Å². The van der Waals surface area contributed by atoms with Gasteiger partial charge in [-0.3, -0.25) is 9.09 Å². The first-order chi connectivity index (χ1) is 15.5. The minimum atomic E-state index is -5.74. The van der Waals surface area contributed by atoms with Crippen molar-refractivity contribution in [2.75, 3.05) is 31.3 Å². The van der Waals surface area contributed by atoms with E-state index in [-0.39, 0.29) is 17.1 Å². The predicted molar refractivity (Wildman–Crippen MR) is 109 cm³/mol. The van der Waals surface area contributed by atoms with E-state index < -0.39 is 54.7 Å². The normalized spacial score (nSPS) is 26.9. The van der Waals surface area contributed by atoms with Crippen molar-refractivity contribution >= 4 is 46.4 Å². The van der Waals surface area contributed by atoms with Crippen LogP contribution in [0.3, 0.4) is 0 Å². The molecule has 1 saturated heterocycles. The van der Waals surface area contributed by atoms with Crippen molar-refractivity contribution in [3.8, 4) is 0 Å². The Bertz CT molecular complexity index is 1210. The number of phosphoric ester groups is 1. The lowest BCUT2D eigenvalue weighted by Crippen LogP contribution is -2.31. The summed E-state index contributed by atoms with van der Waals surface area (Å²) in [6.45, 7) is -1.05. The number of nitrogens with two attached hydrogens (primary N) is 1. The highest BCUT2D eigenvalue weighted by Gasteiger charge is 2.48. The van der Waals surface area contributed by atoms with Crippen LogP contribution in [0.2, 0.25) is 0 Å². The largest absolute Gasteiger partial charge is 0.490 e. The fourth-order valence-electron chi connectivity index (χ4n) is 2.95. The molecule has 2 unspecified atom stereocenters. The monoisotopic (exact) mass is 552 g/mol. The highest BCUT2D eigenvalue weighted by atomic mass is 31.3. The van der Waals surface area contributed by atoms with Crippen LogP contribution in [0, 0.1) is 0 Å². The maximum absolute atomic E-state index is 14.8. The molecule has 0 bridgehead atoms. The SMILES string of the molecule is CN(C)c1nc(N)nc2c1ncn2[C@@H]1O[C@H](COP(=O)(O)OP(=O)(O)OP(=O)(O)O)[C@@H](O)[C@H]1F. The molecular weight excluding hydrogens is 532 g/mol. The Morgan fingerprint density at radius 1 is 1.18 bits per heavy atom. The zero-order valence-corrected chi connectivity index (χ0v) is 19.9. The molecule has 0 radical (unpaired) electrons. The second kappa shape index (κ2) is 9.46. The average Bonchev–Trinajstić information content (AvgIpc) is 3.18. The van der Waals surface area contributed by atoms with Crippen molar-refractivity contribution < 1.29 is 60.6 Å². The average molecular weight is 552 g/mol. The summed E-state index contributed by atoms with van der Waals surface area (Å²) in [5.41, 5.74) is 5.99. The molecular formula is C12H20FN6O12P3. The Kier molecular flexibility index (Phi) is 7.51. The predicted octanol–water partition coefficient (Wildman–Crippen LogP) is -0.586. The van der Waals surface area contributed by atoms with Crippen LogP contribution in [0.25, 0.3) is 11.2 Å². The van der Waals surface area contributed by atoms with Gasteiger partial charge >= 0.3 is 23.5 Å². The van der Waals surface area contributed by atoms with E-state index >= 15 is 0 Å². The molecule has 3 heterocycles. The van der Waals surface area contributed by atoms with Gasteiger partial charge in [-0.05, 0) is 0 Å². The van der Waals surface area contributed by atoms with E-state index in [2.05, 4.69) is 28.1 Å². The van der Waals surface area contributed by atoms with Gasteiger partial charge in [-0.2, -0.15) is 18.6 Å². The second-order valence-corrected chi connectivity index (χ2v) is 11.4. The van der Waals surface area contributed by atoms with Gasteiger partial charge in [0.15, 0.2) is 29.4 Å². The van der Waals surface area contributed by atoms with Crippen LogP contribution < -0.4 is 10.6 Å². The van der Waals surface area contributed by atoms with Gasteiger partial charge in [0.1, 0.15) is 12.2 Å². The second-order valence-electron chi connectivity index (χ2n) is 7.01. The molecule has 0 amide bonds. The molecule has 2 aromatic rings. The van der Waals surface area contributed by atoms with Gasteiger partial charge in [-0.1, -0.05) is 0 Å². The first-order valence-electron chi connectivity index (χ1n) is 8.93. The third-order valence-corrected chi connectivity index (χ3v) is 8.03. The number of halogens is 1. The van der Waals surface area contributed by atoms with E-state index in [0.717, 1.165) is 10.9 Å². The molecule has 0 aromatic carbocycles. The standard InChI is InChI=1S/C12H20FN6O12P3/c1-18(2)9-7-10(17-12(14)16-9)19(4-15-7)11-6(13)8(20)5(29-11)3-28-33(24,25)31-34(26,27)30-32(21,22)23/h4-6,8,11,20H,3H2,1-2H3,(H,24,25)(H,26,27)(H2,14,16,17)(H2,21,22,23)/t5-,6-,8-,11-/m1/s1. The summed E-state index contributed by atoms with van der Waals surface area (Å²) in [5.74, 6) is 0.163. The molecule has 0 saturated carbocycles. The van der Waals surface area contributed by atoms with E-state index in [0.29, 0.717) is 5.82 Å². The molecule has 1 aliphatic heterocycles. The summed E-state index contributed by atoms with van der Waals surface area (Å²) in [6, 6.07) is 0. The maximum atomic E-state index is 14.8. The van der Waals surface area contributed by atoms with Crippen molar-refractivity contribution in [1.29, 1.82) is 0 Å². The van der Waals surface area contributed by atoms with E-state index in [1.54, 1.807) is 19.0 Å². The summed E-state index contributed by atoms with van der Waals surface area (Å²) >= 11 is 0. The smallest absolute Gasteiger partial charge is 0.387 e. The minimum absolute atomic E-state index is 0.0598. The number of imidazole rings is 1. The lowest BCUT2D eigenvalue weighted by molar-refractivity contribution is -0.0450. The fourth-order valence-corrected chi connectivity index (χ4v) is 5.98. The van der Waals surface area contributed by atoms with Crippen LogP contribution in [0.4, 0.5) is 16.2 Å². The number of nitrogens with zero attached hydrogens (tertiary/aromatic N) is 5. The van der Waals surface area contributed by atoms with E-state index in [9.17, 15) is 28.1 Å². The molecule has 0 spiro atoms. The summed E-state index contributed by atoms with van der Waals surface area (Å²) < 4.78 is 66.7. The van der Waals surface area contributed by atoms with Crippen molar-refractivity contribution in [2.45, 2.75) is 24.6 Å². The minimum Gasteiger partial charge on any atom is -0.387 e. The molecule has 34 heavy (non-hydrogen) atoms. The molecule has 6 atom stereocenters. The van der Waals surface area contributed by atoms with Gasteiger partial charge in [0.25, 0.3) is 0 Å².